The minimum atomic E-state index is 0.414. The van der Waals surface area contributed by atoms with Gasteiger partial charge in [0.15, 0.2) is 0 Å². The van der Waals surface area contributed by atoms with Crippen LogP contribution in [0.15, 0.2) is 116 Å². The van der Waals surface area contributed by atoms with E-state index in [9.17, 15) is 0 Å². The monoisotopic (exact) mass is 700 g/mol. The molecular weight excluding hydrogens is 671 g/mol. The first-order valence-electron chi connectivity index (χ1n) is 15.7. The van der Waals surface area contributed by atoms with Gasteiger partial charge in [0.2, 0.25) is 0 Å². The number of fused-ring (bicyclic) bond motifs is 3. The third-order valence-corrected chi connectivity index (χ3v) is 9.53. The molecule has 4 heterocycles. The summed E-state index contributed by atoms with van der Waals surface area (Å²) in [4.78, 5) is 18.3. The fourth-order valence-corrected chi connectivity index (χ4v) is 6.76. The highest BCUT2D eigenvalue weighted by Gasteiger charge is 2.16. The lowest BCUT2D eigenvalue weighted by molar-refractivity contribution is 0.823. The molecule has 0 radical (unpaired) electrons. The van der Waals surface area contributed by atoms with Gasteiger partial charge in [-0.2, -0.15) is 0 Å². The molecule has 0 aliphatic heterocycles. The number of pyridine rings is 2. The van der Waals surface area contributed by atoms with Gasteiger partial charge in [-0.3, -0.25) is 0 Å². The van der Waals surface area contributed by atoms with Crippen LogP contribution in [-0.2, 0) is 12.4 Å². The summed E-state index contributed by atoms with van der Waals surface area (Å²) in [6.07, 6.45) is 3.47. The van der Waals surface area contributed by atoms with E-state index in [4.69, 9.17) is 50.5 Å². The van der Waals surface area contributed by atoms with Crippen LogP contribution in [0.1, 0.15) is 22.3 Å². The first-order chi connectivity index (χ1) is 23.8. The second-order valence-corrected chi connectivity index (χ2v) is 12.9. The second-order valence-electron chi connectivity index (χ2n) is 11.8. The zero-order valence-electron chi connectivity index (χ0n) is 26.8. The minimum Gasteiger partial charge on any atom is -0.383 e. The summed E-state index contributed by atoms with van der Waals surface area (Å²) >= 11 is 18.9. The molecule has 9 heteroatoms. The van der Waals surface area contributed by atoms with E-state index in [0.29, 0.717) is 28.3 Å². The Bertz CT molecular complexity index is 2490. The van der Waals surface area contributed by atoms with Crippen LogP contribution >= 0.6 is 34.8 Å². The third kappa shape index (κ3) is 6.43. The van der Waals surface area contributed by atoms with E-state index in [1.54, 1.807) is 0 Å². The Hall–Kier alpha value is -5.01. The maximum atomic E-state index is 6.54. The molecule has 0 fully saturated rings. The van der Waals surface area contributed by atoms with Crippen LogP contribution in [0.5, 0.6) is 0 Å². The molecule has 6 nitrogen and oxygen atoms in total. The second kappa shape index (κ2) is 13.8. The van der Waals surface area contributed by atoms with E-state index in [0.717, 1.165) is 77.6 Å². The predicted molar refractivity (Wildman–Crippen MR) is 204 cm³/mol. The molecule has 0 spiro atoms. The molecule has 4 aromatic heterocycles. The van der Waals surface area contributed by atoms with Gasteiger partial charge in [0.05, 0.1) is 34.4 Å². The highest BCUT2D eigenvalue weighted by atomic mass is 35.5. The molecule has 0 atom stereocenters. The van der Waals surface area contributed by atoms with Crippen molar-refractivity contribution in [3.63, 3.8) is 0 Å². The van der Waals surface area contributed by atoms with Crippen molar-refractivity contribution in [1.82, 2.24) is 24.5 Å². The quantitative estimate of drug-likeness (QED) is 0.181. The summed E-state index contributed by atoms with van der Waals surface area (Å²) in [6.45, 7) is 4.73. The van der Waals surface area contributed by atoms with E-state index in [1.165, 1.54) is 6.33 Å². The highest BCUT2D eigenvalue weighted by molar-refractivity contribution is 6.33. The molecule has 0 aliphatic rings. The number of nitrogen functional groups attached to an aromatic ring is 1. The Balaban J connectivity index is 0.000000166. The molecule has 242 valence electrons. The van der Waals surface area contributed by atoms with E-state index in [-0.39, 0.29) is 0 Å². The lowest BCUT2D eigenvalue weighted by Gasteiger charge is -2.14. The van der Waals surface area contributed by atoms with Crippen LogP contribution in [-0.4, -0.2) is 24.5 Å². The Labute approximate surface area is 299 Å². The number of para-hydroxylation sites is 2. The van der Waals surface area contributed by atoms with E-state index in [1.807, 2.05) is 66.9 Å². The van der Waals surface area contributed by atoms with Gasteiger partial charge < -0.3 is 10.3 Å². The SMILES string of the molecule is Cc1cccc2cc(CCl)c(-c3ccccc3Cl)nc12.Cc1cccc2cc(Cn3ccc4c(N)ncnc43)c(-c3ccccc3Cl)nc12. The maximum absolute atomic E-state index is 6.54. The Morgan fingerprint density at radius 1 is 0.653 bits per heavy atom. The van der Waals surface area contributed by atoms with Gasteiger partial charge in [-0.1, -0.05) is 96.0 Å². The van der Waals surface area contributed by atoms with Crippen LogP contribution in [0.2, 0.25) is 10.0 Å². The maximum Gasteiger partial charge on any atom is 0.145 e. The average Bonchev–Trinajstić information content (AvgIpc) is 3.52. The molecule has 0 bridgehead atoms. The van der Waals surface area contributed by atoms with Crippen molar-refractivity contribution in [2.45, 2.75) is 26.3 Å². The van der Waals surface area contributed by atoms with Gasteiger partial charge >= 0.3 is 0 Å². The molecule has 0 unspecified atom stereocenters. The van der Waals surface area contributed by atoms with Crippen LogP contribution in [0.3, 0.4) is 0 Å². The highest BCUT2D eigenvalue weighted by Crippen LogP contribution is 2.34. The Morgan fingerprint density at radius 2 is 1.20 bits per heavy atom. The average molecular weight is 702 g/mol. The molecule has 0 aliphatic carbocycles. The molecule has 2 N–H and O–H groups in total. The largest absolute Gasteiger partial charge is 0.383 e. The summed E-state index contributed by atoms with van der Waals surface area (Å²) < 4.78 is 2.06. The van der Waals surface area contributed by atoms with Gasteiger partial charge in [0.1, 0.15) is 17.8 Å². The van der Waals surface area contributed by atoms with Gasteiger partial charge in [-0.15, -0.1) is 11.6 Å². The van der Waals surface area contributed by atoms with Gasteiger partial charge in [-0.05, 0) is 66.4 Å². The number of hydrogen-bond donors (Lipinski definition) is 1. The van der Waals surface area contributed by atoms with Gasteiger partial charge in [0, 0.05) is 44.0 Å². The topological polar surface area (TPSA) is 82.5 Å². The predicted octanol–water partition coefficient (Wildman–Crippen LogP) is 10.8. The fraction of sp³-hybridized carbons (Fsp3) is 0.100. The van der Waals surface area contributed by atoms with Crippen molar-refractivity contribution in [3.8, 4) is 22.5 Å². The Morgan fingerprint density at radius 3 is 1.78 bits per heavy atom. The van der Waals surface area contributed by atoms with Crippen LogP contribution in [0, 0.1) is 13.8 Å². The Kier molecular flexibility index (Phi) is 9.19. The number of nitrogens with zero attached hydrogens (tertiary/aromatic N) is 5. The van der Waals surface area contributed by atoms with Crippen molar-refractivity contribution in [1.29, 1.82) is 0 Å². The summed E-state index contributed by atoms with van der Waals surface area (Å²) in [7, 11) is 0. The first-order valence-corrected chi connectivity index (χ1v) is 17.0. The number of anilines is 1. The molecule has 0 saturated heterocycles. The zero-order valence-corrected chi connectivity index (χ0v) is 29.1. The van der Waals surface area contributed by atoms with Crippen LogP contribution in [0.25, 0.3) is 55.4 Å². The smallest absolute Gasteiger partial charge is 0.145 e. The number of rotatable bonds is 5. The number of hydrogen-bond acceptors (Lipinski definition) is 5. The lowest BCUT2D eigenvalue weighted by Crippen LogP contribution is -2.04. The molecule has 4 aromatic carbocycles. The van der Waals surface area contributed by atoms with E-state index >= 15 is 0 Å². The molecule has 0 amide bonds. The van der Waals surface area contributed by atoms with Crippen LogP contribution < -0.4 is 5.73 Å². The summed E-state index contributed by atoms with van der Waals surface area (Å²) in [5, 5.41) is 4.42. The molecule has 8 aromatic rings. The van der Waals surface area contributed by atoms with Gasteiger partial charge in [0.25, 0.3) is 0 Å². The summed E-state index contributed by atoms with van der Waals surface area (Å²) in [6, 6.07) is 34.1. The van der Waals surface area contributed by atoms with Crippen LogP contribution in [0.4, 0.5) is 5.82 Å². The van der Waals surface area contributed by atoms with Crippen molar-refractivity contribution in [2.24, 2.45) is 0 Å². The number of nitrogens with two attached hydrogens (primary N) is 1. The van der Waals surface area contributed by atoms with E-state index < -0.39 is 0 Å². The molecule has 49 heavy (non-hydrogen) atoms. The summed E-state index contributed by atoms with van der Waals surface area (Å²) in [5.41, 5.74) is 16.7. The normalized spacial score (nSPS) is 11.2. The number of alkyl halides is 1. The third-order valence-electron chi connectivity index (χ3n) is 8.58. The van der Waals surface area contributed by atoms with E-state index in [2.05, 4.69) is 70.8 Å². The zero-order chi connectivity index (χ0) is 34.1. The number of benzene rings is 4. The number of aromatic nitrogens is 5. The number of aryl methyl sites for hydroxylation is 2. The molecule has 0 saturated carbocycles. The minimum absolute atomic E-state index is 0.414. The van der Waals surface area contributed by atoms with Crippen molar-refractivity contribution in [3.05, 3.63) is 148 Å². The van der Waals surface area contributed by atoms with Crippen molar-refractivity contribution >= 4 is 73.5 Å². The number of halogens is 3. The standard InChI is InChI=1S/C23H18ClN5.C17H13Cl2N/c1-14-5-4-6-15-11-16(12-29-10-9-18-22(25)26-13-27-23(18)29)21(28-20(14)15)17-7-2-3-8-19(17)24;1-11-5-4-6-12-9-13(10-18)17(20-16(11)12)14-7-2-3-8-15(14)19/h2-11,13H,12H2,1H3,(H2,25,26,27);2-9H,10H2,1H3. The first kappa shape index (κ1) is 32.5. The molecule has 8 rings (SSSR count). The molecular formula is C40H31Cl3N6. The van der Waals surface area contributed by atoms with Crippen molar-refractivity contribution < 1.29 is 0 Å². The summed E-state index contributed by atoms with van der Waals surface area (Å²) in [5.74, 6) is 0.893. The van der Waals surface area contributed by atoms with Crippen molar-refractivity contribution in [2.75, 3.05) is 5.73 Å². The fourth-order valence-electron chi connectivity index (χ4n) is 6.11. The van der Waals surface area contributed by atoms with Gasteiger partial charge in [-0.25, -0.2) is 19.9 Å². The lowest BCUT2D eigenvalue weighted by atomic mass is 10.0.